The van der Waals surface area contributed by atoms with Crippen molar-refractivity contribution < 1.29 is 23.8 Å². The average Bonchev–Trinajstić information content (AvgIpc) is 2.73. The molecule has 0 aliphatic heterocycles. The molecular formula is C22H25Cl2NO5. The molecule has 0 saturated carbocycles. The molecule has 8 heteroatoms. The number of esters is 1. The highest BCUT2D eigenvalue weighted by molar-refractivity contribution is 6.37. The van der Waals surface area contributed by atoms with Gasteiger partial charge in [0.1, 0.15) is 11.5 Å². The molecule has 0 saturated heterocycles. The van der Waals surface area contributed by atoms with Crippen molar-refractivity contribution in [3.63, 3.8) is 0 Å². The second kappa shape index (κ2) is 11.7. The first-order valence-electron chi connectivity index (χ1n) is 9.55. The zero-order valence-corrected chi connectivity index (χ0v) is 18.9. The van der Waals surface area contributed by atoms with Gasteiger partial charge in [0.2, 0.25) is 6.61 Å². The average molecular weight is 454 g/mol. The molecule has 2 aromatic carbocycles. The number of carbonyl (C=O) groups excluding carboxylic acids is 1. The van der Waals surface area contributed by atoms with E-state index in [1.54, 1.807) is 32.2 Å². The van der Waals surface area contributed by atoms with E-state index < -0.39 is 5.97 Å². The molecule has 0 bridgehead atoms. The number of hydrogen-bond acceptors (Lipinski definition) is 6. The van der Waals surface area contributed by atoms with Crippen LogP contribution in [0.5, 0.6) is 17.2 Å². The molecule has 0 spiro atoms. The van der Waals surface area contributed by atoms with Crippen molar-refractivity contribution in [3.05, 3.63) is 51.5 Å². The third-order valence-electron chi connectivity index (χ3n) is 4.35. The number of benzene rings is 2. The van der Waals surface area contributed by atoms with Gasteiger partial charge in [0.25, 0.3) is 0 Å². The molecule has 0 fully saturated rings. The van der Waals surface area contributed by atoms with E-state index in [2.05, 4.69) is 19.0 Å². The summed E-state index contributed by atoms with van der Waals surface area (Å²) >= 11 is 12.7. The van der Waals surface area contributed by atoms with Crippen LogP contribution < -0.4 is 9.47 Å². The van der Waals surface area contributed by atoms with Gasteiger partial charge < -0.3 is 19.0 Å². The van der Waals surface area contributed by atoms with Crippen LogP contribution in [-0.2, 0) is 14.4 Å². The Balaban J connectivity index is 2.15. The zero-order chi connectivity index (χ0) is 22.1. The minimum Gasteiger partial charge on any atom is -0.496 e. The molecule has 6 nitrogen and oxygen atoms in total. The maximum absolute atomic E-state index is 11.2. The fraction of sp³-hybridized carbons (Fsp3) is 0.364. The molecule has 0 aromatic heterocycles. The summed E-state index contributed by atoms with van der Waals surface area (Å²) in [5.41, 5.74) is 1.64. The second-order valence-corrected chi connectivity index (χ2v) is 7.26. The van der Waals surface area contributed by atoms with E-state index in [1.807, 2.05) is 12.1 Å². The minimum atomic E-state index is -0.495. The van der Waals surface area contributed by atoms with Gasteiger partial charge in [0.15, 0.2) is 5.75 Å². The Kier molecular flexibility index (Phi) is 9.27. The van der Waals surface area contributed by atoms with Crippen molar-refractivity contribution in [2.75, 3.05) is 20.3 Å². The van der Waals surface area contributed by atoms with Crippen LogP contribution in [0.15, 0.2) is 35.5 Å². The summed E-state index contributed by atoms with van der Waals surface area (Å²) in [5.74, 6) is 1.56. The molecule has 30 heavy (non-hydrogen) atoms. The lowest BCUT2D eigenvalue weighted by Crippen LogP contribution is -2.10. The topological polar surface area (TPSA) is 66.4 Å². The van der Waals surface area contributed by atoms with Gasteiger partial charge in [-0.2, -0.15) is 0 Å². The van der Waals surface area contributed by atoms with Crippen molar-refractivity contribution in [2.24, 2.45) is 5.16 Å². The number of methoxy groups -OCH3 is 1. The minimum absolute atomic E-state index is 0.275. The smallest absolute Gasteiger partial charge is 0.347 e. The first-order chi connectivity index (χ1) is 14.4. The molecule has 1 atom stereocenters. The molecule has 162 valence electrons. The first kappa shape index (κ1) is 23.8. The van der Waals surface area contributed by atoms with Crippen LogP contribution in [0.3, 0.4) is 0 Å². The van der Waals surface area contributed by atoms with Crippen molar-refractivity contribution in [1.82, 2.24) is 0 Å². The lowest BCUT2D eigenvalue weighted by Gasteiger charge is -2.16. The zero-order valence-electron chi connectivity index (χ0n) is 17.4. The van der Waals surface area contributed by atoms with Gasteiger partial charge >= 0.3 is 5.97 Å². The first-order valence-corrected chi connectivity index (χ1v) is 10.3. The van der Waals surface area contributed by atoms with E-state index >= 15 is 0 Å². The Morgan fingerprint density at radius 2 is 1.87 bits per heavy atom. The summed E-state index contributed by atoms with van der Waals surface area (Å²) < 4.78 is 16.2. The fourth-order valence-electron chi connectivity index (χ4n) is 2.64. The van der Waals surface area contributed by atoms with E-state index in [0.717, 1.165) is 17.7 Å². The van der Waals surface area contributed by atoms with Crippen LogP contribution in [0.1, 0.15) is 44.2 Å². The van der Waals surface area contributed by atoms with Crippen LogP contribution >= 0.6 is 23.2 Å². The van der Waals surface area contributed by atoms with Gasteiger partial charge in [0, 0.05) is 5.56 Å². The highest BCUT2D eigenvalue weighted by Gasteiger charge is 2.15. The summed E-state index contributed by atoms with van der Waals surface area (Å²) in [4.78, 5) is 16.1. The normalized spacial score (nSPS) is 11.9. The van der Waals surface area contributed by atoms with Gasteiger partial charge in [-0.05, 0) is 55.2 Å². The summed E-state index contributed by atoms with van der Waals surface area (Å²) in [6, 6.07) is 8.87. The quantitative estimate of drug-likeness (QED) is 0.242. The van der Waals surface area contributed by atoms with Gasteiger partial charge in [-0.25, -0.2) is 4.79 Å². The molecular weight excluding hydrogens is 429 g/mol. The largest absolute Gasteiger partial charge is 0.496 e. The van der Waals surface area contributed by atoms with Gasteiger partial charge in [-0.1, -0.05) is 42.2 Å². The number of oxime groups is 1. The van der Waals surface area contributed by atoms with Gasteiger partial charge in [-0.15, -0.1) is 0 Å². The fourth-order valence-corrected chi connectivity index (χ4v) is 3.22. The molecule has 0 aliphatic rings. The lowest BCUT2D eigenvalue weighted by atomic mass is 9.97. The van der Waals surface area contributed by atoms with Crippen LogP contribution in [0, 0.1) is 0 Å². The van der Waals surface area contributed by atoms with Crippen molar-refractivity contribution in [1.29, 1.82) is 0 Å². The van der Waals surface area contributed by atoms with E-state index in [4.69, 9.17) is 42.3 Å². The van der Waals surface area contributed by atoms with Gasteiger partial charge in [-0.3, -0.25) is 0 Å². The summed E-state index contributed by atoms with van der Waals surface area (Å²) in [5, 5.41) is 4.35. The molecule has 0 amide bonds. The van der Waals surface area contributed by atoms with Crippen molar-refractivity contribution in [3.8, 4) is 17.2 Å². The van der Waals surface area contributed by atoms with Crippen molar-refractivity contribution >= 4 is 35.4 Å². The maximum atomic E-state index is 11.2. The molecule has 0 N–H and O–H groups in total. The molecule has 1 unspecified atom stereocenters. The number of rotatable bonds is 10. The second-order valence-electron chi connectivity index (χ2n) is 6.44. The molecule has 0 aliphatic carbocycles. The number of ether oxygens (including phenoxy) is 3. The Morgan fingerprint density at radius 3 is 2.47 bits per heavy atom. The molecule has 2 aromatic rings. The predicted octanol–water partition coefficient (Wildman–Crippen LogP) is 6.22. The Morgan fingerprint density at radius 1 is 1.17 bits per heavy atom. The van der Waals surface area contributed by atoms with Gasteiger partial charge in [0.05, 0.1) is 30.0 Å². The molecule has 0 radical (unpaired) electrons. The third-order valence-corrected chi connectivity index (χ3v) is 4.91. The summed E-state index contributed by atoms with van der Waals surface area (Å²) in [6.07, 6.45) is 2.36. The lowest BCUT2D eigenvalue weighted by molar-refractivity contribution is -0.148. The Hall–Kier alpha value is -2.44. The summed E-state index contributed by atoms with van der Waals surface area (Å²) in [7, 11) is 1.65. The number of halogens is 2. The SMILES string of the molecule is CCOC(=O)CO/N=C/c1cc(Cl)c(Oc2ccc(OC)c(C(C)CC)c2)c(Cl)c1. The highest BCUT2D eigenvalue weighted by Crippen LogP contribution is 2.39. The summed E-state index contributed by atoms with van der Waals surface area (Å²) in [6.45, 7) is 5.96. The van der Waals surface area contributed by atoms with E-state index in [0.29, 0.717) is 33.0 Å². The predicted molar refractivity (Wildman–Crippen MR) is 118 cm³/mol. The van der Waals surface area contributed by atoms with Crippen LogP contribution in [-0.4, -0.2) is 32.5 Å². The Bertz CT molecular complexity index is 878. The van der Waals surface area contributed by atoms with E-state index in [1.165, 1.54) is 6.21 Å². The maximum Gasteiger partial charge on any atom is 0.347 e. The van der Waals surface area contributed by atoms with Crippen LogP contribution in [0.2, 0.25) is 10.0 Å². The highest BCUT2D eigenvalue weighted by atomic mass is 35.5. The third kappa shape index (κ3) is 6.54. The number of hydrogen-bond donors (Lipinski definition) is 0. The number of carbonyl (C=O) groups is 1. The number of nitrogens with zero attached hydrogens (tertiary/aromatic N) is 1. The molecule has 0 heterocycles. The molecule has 2 rings (SSSR count). The van der Waals surface area contributed by atoms with Crippen LogP contribution in [0.25, 0.3) is 0 Å². The monoisotopic (exact) mass is 453 g/mol. The van der Waals surface area contributed by atoms with Crippen molar-refractivity contribution in [2.45, 2.75) is 33.1 Å². The van der Waals surface area contributed by atoms with E-state index in [9.17, 15) is 4.79 Å². The van der Waals surface area contributed by atoms with Crippen LogP contribution in [0.4, 0.5) is 0 Å². The Labute approximate surface area is 186 Å². The standard InChI is InChI=1S/C22H25Cl2NO5/c1-5-14(3)17-11-16(7-8-20(17)27-4)30-22-18(23)9-15(10-19(22)24)12-25-29-13-21(26)28-6-2/h7-12,14H,5-6,13H2,1-4H3/b25-12+. The van der Waals surface area contributed by atoms with E-state index in [-0.39, 0.29) is 13.2 Å².